The number of nitrogens with zero attached hydrogens (tertiary/aromatic N) is 1. The van der Waals surface area contributed by atoms with E-state index < -0.39 is 5.97 Å². The van der Waals surface area contributed by atoms with Crippen molar-refractivity contribution >= 4 is 27.8 Å². The molecule has 5 heteroatoms. The molecule has 0 amide bonds. The molecule has 0 aliphatic heterocycles. The smallest absolute Gasteiger partial charge is 0.339 e. The highest BCUT2D eigenvalue weighted by molar-refractivity contribution is 6.04. The third kappa shape index (κ3) is 1.45. The fourth-order valence-corrected chi connectivity index (χ4v) is 1.94. The third-order valence-electron chi connectivity index (χ3n) is 2.80. The number of carboxylic acids is 1. The van der Waals surface area contributed by atoms with Crippen LogP contribution in [0, 0.1) is 0 Å². The fraction of sp³-hybridized carbons (Fsp3) is 0. The van der Waals surface area contributed by atoms with Crippen LogP contribution in [-0.2, 0) is 0 Å². The van der Waals surface area contributed by atoms with Crippen molar-refractivity contribution < 1.29 is 9.90 Å². The number of aromatic carboxylic acids is 1. The molecule has 0 aliphatic rings. The number of pyridine rings is 2. The Kier molecular flexibility index (Phi) is 2.13. The normalized spacial score (nSPS) is 10.9. The molecule has 3 rings (SSSR count). The molecule has 2 heterocycles. The van der Waals surface area contributed by atoms with Crippen LogP contribution in [0.1, 0.15) is 10.4 Å². The second-order valence-electron chi connectivity index (χ2n) is 3.91. The van der Waals surface area contributed by atoms with E-state index >= 15 is 0 Å². The molecule has 0 fully saturated rings. The molecule has 2 aromatic heterocycles. The fourth-order valence-electron chi connectivity index (χ4n) is 1.94. The van der Waals surface area contributed by atoms with Crippen LogP contribution < -0.4 is 5.56 Å². The summed E-state index contributed by atoms with van der Waals surface area (Å²) < 4.78 is 0. The van der Waals surface area contributed by atoms with Gasteiger partial charge >= 0.3 is 5.97 Å². The number of hydrogen-bond acceptors (Lipinski definition) is 3. The van der Waals surface area contributed by atoms with Crippen molar-refractivity contribution in [1.29, 1.82) is 0 Å². The van der Waals surface area contributed by atoms with Gasteiger partial charge in [-0.05, 0) is 12.1 Å². The van der Waals surface area contributed by atoms with E-state index in [1.54, 1.807) is 12.1 Å². The van der Waals surface area contributed by atoms with Gasteiger partial charge < -0.3 is 10.1 Å². The topological polar surface area (TPSA) is 83.0 Å². The summed E-state index contributed by atoms with van der Waals surface area (Å²) in [6.07, 6.45) is 1.18. The number of carboxylic acid groups (broad SMARTS) is 1. The van der Waals surface area contributed by atoms with Gasteiger partial charge in [-0.15, -0.1) is 0 Å². The maximum Gasteiger partial charge on any atom is 0.339 e. The minimum atomic E-state index is -1.11. The van der Waals surface area contributed by atoms with Crippen molar-refractivity contribution in [1.82, 2.24) is 9.97 Å². The molecule has 0 bridgehead atoms. The predicted octanol–water partition coefficient (Wildman–Crippen LogP) is 1.77. The van der Waals surface area contributed by atoms with Crippen LogP contribution >= 0.6 is 0 Å². The largest absolute Gasteiger partial charge is 0.478 e. The SMILES string of the molecule is O=C(O)c1c[nH]c(=O)c2cc3ccccc3nc12. The van der Waals surface area contributed by atoms with Crippen LogP contribution in [0.4, 0.5) is 0 Å². The average Bonchev–Trinajstić information content (AvgIpc) is 2.37. The third-order valence-corrected chi connectivity index (χ3v) is 2.80. The zero-order valence-corrected chi connectivity index (χ0v) is 9.18. The van der Waals surface area contributed by atoms with Gasteiger partial charge in [-0.3, -0.25) is 4.79 Å². The monoisotopic (exact) mass is 240 g/mol. The Bertz CT molecular complexity index is 836. The Morgan fingerprint density at radius 2 is 2.06 bits per heavy atom. The number of benzene rings is 1. The molecule has 2 N–H and O–H groups in total. The zero-order chi connectivity index (χ0) is 12.7. The molecule has 18 heavy (non-hydrogen) atoms. The average molecular weight is 240 g/mol. The lowest BCUT2D eigenvalue weighted by Crippen LogP contribution is -2.11. The van der Waals surface area contributed by atoms with Crippen LogP contribution in [0.2, 0.25) is 0 Å². The van der Waals surface area contributed by atoms with Gasteiger partial charge in [-0.2, -0.15) is 0 Å². The van der Waals surface area contributed by atoms with Crippen LogP contribution in [0.25, 0.3) is 21.8 Å². The standard InChI is InChI=1S/C13H8N2O3/c16-12-8-5-7-3-1-2-4-10(7)15-11(8)9(6-14-12)13(17)18/h1-6H,(H,14,16)(H,17,18). The number of rotatable bonds is 1. The van der Waals surface area contributed by atoms with Crippen LogP contribution in [0.5, 0.6) is 0 Å². The molecule has 0 spiro atoms. The molecule has 0 saturated carbocycles. The van der Waals surface area contributed by atoms with E-state index in [4.69, 9.17) is 5.11 Å². The molecular formula is C13H8N2O3. The van der Waals surface area contributed by atoms with Crippen molar-refractivity contribution in [2.24, 2.45) is 0 Å². The molecule has 0 radical (unpaired) electrons. The molecule has 1 aromatic carbocycles. The van der Waals surface area contributed by atoms with Crippen molar-refractivity contribution in [2.75, 3.05) is 0 Å². The summed E-state index contributed by atoms with van der Waals surface area (Å²) in [5.74, 6) is -1.11. The number of carbonyl (C=O) groups is 1. The zero-order valence-electron chi connectivity index (χ0n) is 9.18. The van der Waals surface area contributed by atoms with Gasteiger partial charge in [0.2, 0.25) is 0 Å². The molecule has 0 unspecified atom stereocenters. The number of hydrogen-bond donors (Lipinski definition) is 2. The van der Waals surface area contributed by atoms with Gasteiger partial charge in [0, 0.05) is 11.6 Å². The number of nitrogens with one attached hydrogen (secondary N) is 1. The lowest BCUT2D eigenvalue weighted by atomic mass is 10.1. The Labute approximate surface area is 101 Å². The Morgan fingerprint density at radius 3 is 2.83 bits per heavy atom. The van der Waals surface area contributed by atoms with Crippen molar-refractivity contribution in [2.45, 2.75) is 0 Å². The summed E-state index contributed by atoms with van der Waals surface area (Å²) in [4.78, 5) is 29.5. The Hall–Kier alpha value is -2.69. The molecule has 0 saturated heterocycles. The van der Waals surface area contributed by atoms with Crippen LogP contribution in [-0.4, -0.2) is 21.0 Å². The van der Waals surface area contributed by atoms with Crippen molar-refractivity contribution in [3.8, 4) is 0 Å². The molecule has 0 aliphatic carbocycles. The van der Waals surface area contributed by atoms with Crippen LogP contribution in [0.15, 0.2) is 41.3 Å². The minimum absolute atomic E-state index is 0.00430. The number of fused-ring (bicyclic) bond motifs is 2. The summed E-state index contributed by atoms with van der Waals surface area (Å²) in [7, 11) is 0. The van der Waals surface area contributed by atoms with Gasteiger partial charge in [0.1, 0.15) is 5.56 Å². The van der Waals surface area contributed by atoms with E-state index in [9.17, 15) is 9.59 Å². The number of aromatic amines is 1. The first-order valence-corrected chi connectivity index (χ1v) is 5.31. The Balaban J connectivity index is 2.56. The highest BCUT2D eigenvalue weighted by atomic mass is 16.4. The summed E-state index contributed by atoms with van der Waals surface area (Å²) in [6.45, 7) is 0. The summed E-state index contributed by atoms with van der Waals surface area (Å²) in [5, 5.41) is 10.2. The second-order valence-corrected chi connectivity index (χ2v) is 3.91. The number of para-hydroxylation sites is 1. The van der Waals surface area contributed by atoms with E-state index in [0.29, 0.717) is 5.52 Å². The number of aromatic nitrogens is 2. The Morgan fingerprint density at radius 1 is 1.28 bits per heavy atom. The number of H-pyrrole nitrogens is 1. The van der Waals surface area contributed by atoms with Crippen LogP contribution in [0.3, 0.4) is 0 Å². The second kappa shape index (κ2) is 3.66. The first kappa shape index (κ1) is 10.5. The lowest BCUT2D eigenvalue weighted by molar-refractivity contribution is 0.0698. The maximum absolute atomic E-state index is 11.7. The minimum Gasteiger partial charge on any atom is -0.478 e. The predicted molar refractivity (Wildman–Crippen MR) is 66.8 cm³/mol. The highest BCUT2D eigenvalue weighted by Gasteiger charge is 2.13. The van der Waals surface area contributed by atoms with E-state index in [0.717, 1.165) is 5.39 Å². The first-order valence-electron chi connectivity index (χ1n) is 5.31. The van der Waals surface area contributed by atoms with E-state index in [2.05, 4.69) is 9.97 Å². The highest BCUT2D eigenvalue weighted by Crippen LogP contribution is 2.19. The summed E-state index contributed by atoms with van der Waals surface area (Å²) >= 11 is 0. The quantitative estimate of drug-likeness (QED) is 0.635. The van der Waals surface area contributed by atoms with Crippen molar-refractivity contribution in [3.63, 3.8) is 0 Å². The molecule has 3 aromatic rings. The van der Waals surface area contributed by atoms with E-state index in [-0.39, 0.29) is 22.0 Å². The summed E-state index contributed by atoms with van der Waals surface area (Å²) in [6, 6.07) is 8.92. The first-order chi connectivity index (χ1) is 8.66. The molecular weight excluding hydrogens is 232 g/mol. The lowest BCUT2D eigenvalue weighted by Gasteiger charge is -2.03. The van der Waals surface area contributed by atoms with Gasteiger partial charge in [0.25, 0.3) is 5.56 Å². The van der Waals surface area contributed by atoms with E-state index in [1.165, 1.54) is 6.20 Å². The van der Waals surface area contributed by atoms with E-state index in [1.807, 2.05) is 18.2 Å². The molecule has 5 nitrogen and oxygen atoms in total. The molecule has 88 valence electrons. The van der Waals surface area contributed by atoms with Gasteiger partial charge in [-0.1, -0.05) is 18.2 Å². The maximum atomic E-state index is 11.7. The summed E-state index contributed by atoms with van der Waals surface area (Å²) in [5.41, 5.74) is 0.534. The molecule has 0 atom stereocenters. The van der Waals surface area contributed by atoms with Gasteiger partial charge in [0.15, 0.2) is 0 Å². The van der Waals surface area contributed by atoms with Gasteiger partial charge in [-0.25, -0.2) is 9.78 Å². The van der Waals surface area contributed by atoms with Gasteiger partial charge in [0.05, 0.1) is 16.4 Å². The van der Waals surface area contributed by atoms with Crippen molar-refractivity contribution in [3.05, 3.63) is 52.4 Å².